The predicted molar refractivity (Wildman–Crippen MR) is 151 cm³/mol. The maximum Gasteiger partial charge on any atom is 0.408 e. The fourth-order valence-corrected chi connectivity index (χ4v) is 4.00. The van der Waals surface area contributed by atoms with Gasteiger partial charge in [0.25, 0.3) is 0 Å². The van der Waals surface area contributed by atoms with E-state index in [4.69, 9.17) is 9.47 Å². The van der Waals surface area contributed by atoms with E-state index < -0.39 is 24.0 Å². The molecule has 0 aromatic heterocycles. The summed E-state index contributed by atoms with van der Waals surface area (Å²) in [5.41, 5.74) is 0. The Morgan fingerprint density at radius 2 is 1.61 bits per heavy atom. The molecule has 0 heterocycles. The van der Waals surface area contributed by atoms with Gasteiger partial charge in [0.15, 0.2) is 0 Å². The predicted octanol–water partition coefficient (Wildman–Crippen LogP) is 4.99. The zero-order valence-electron chi connectivity index (χ0n) is 24.8. The van der Waals surface area contributed by atoms with E-state index in [0.717, 1.165) is 38.5 Å². The molecule has 3 amide bonds. The summed E-state index contributed by atoms with van der Waals surface area (Å²) in [6.07, 6.45) is 11.9. The molecule has 0 radical (unpaired) electrons. The van der Waals surface area contributed by atoms with Gasteiger partial charge in [-0.15, -0.1) is 0 Å². The van der Waals surface area contributed by atoms with Crippen molar-refractivity contribution in [3.63, 3.8) is 0 Å². The van der Waals surface area contributed by atoms with Crippen molar-refractivity contribution in [1.29, 1.82) is 0 Å². The van der Waals surface area contributed by atoms with E-state index in [0.29, 0.717) is 19.3 Å². The SMILES string of the molecule is CCCCCCCC(CC/C=C\CC(C)C(=O)N(C)C)OC(=O)NC(CC(C)C)C(=O)NCC(=O)OCC. The zero-order chi connectivity index (χ0) is 28.9. The lowest BCUT2D eigenvalue weighted by Gasteiger charge is -2.22. The summed E-state index contributed by atoms with van der Waals surface area (Å²) in [5, 5.41) is 5.24. The molecule has 0 aliphatic carbocycles. The van der Waals surface area contributed by atoms with Crippen molar-refractivity contribution in [3.05, 3.63) is 12.2 Å². The van der Waals surface area contributed by atoms with Crippen molar-refractivity contribution in [2.75, 3.05) is 27.2 Å². The molecule has 0 aliphatic heterocycles. The van der Waals surface area contributed by atoms with Crippen LogP contribution in [0.5, 0.6) is 0 Å². The number of carbonyl (C=O) groups is 4. The second-order valence-electron chi connectivity index (χ2n) is 10.5. The first kappa shape index (κ1) is 35.4. The molecule has 0 spiro atoms. The number of hydrogen-bond acceptors (Lipinski definition) is 6. The third kappa shape index (κ3) is 17.8. The second kappa shape index (κ2) is 21.4. The molecule has 0 saturated heterocycles. The van der Waals surface area contributed by atoms with Gasteiger partial charge in [0.2, 0.25) is 11.8 Å². The first-order valence-electron chi connectivity index (χ1n) is 14.3. The number of hydrogen-bond donors (Lipinski definition) is 2. The van der Waals surface area contributed by atoms with E-state index in [2.05, 4.69) is 17.6 Å². The summed E-state index contributed by atoms with van der Waals surface area (Å²) in [4.78, 5) is 50.6. The molecule has 0 rings (SSSR count). The van der Waals surface area contributed by atoms with Crippen LogP contribution in [-0.4, -0.2) is 68.2 Å². The maximum absolute atomic E-state index is 12.8. The summed E-state index contributed by atoms with van der Waals surface area (Å²) in [6.45, 7) is 9.68. The summed E-state index contributed by atoms with van der Waals surface area (Å²) < 4.78 is 10.6. The first-order chi connectivity index (χ1) is 18.0. The van der Waals surface area contributed by atoms with Gasteiger partial charge in [-0.2, -0.15) is 0 Å². The number of alkyl carbamates (subject to hydrolysis) is 1. The van der Waals surface area contributed by atoms with Gasteiger partial charge in [-0.3, -0.25) is 14.4 Å². The lowest BCUT2D eigenvalue weighted by molar-refractivity contribution is -0.143. The molecule has 0 bridgehead atoms. The van der Waals surface area contributed by atoms with Crippen LogP contribution in [0.25, 0.3) is 0 Å². The molecule has 9 nitrogen and oxygen atoms in total. The third-order valence-electron chi connectivity index (χ3n) is 6.11. The van der Waals surface area contributed by atoms with Crippen molar-refractivity contribution in [2.45, 2.75) is 111 Å². The minimum Gasteiger partial charge on any atom is -0.465 e. The van der Waals surface area contributed by atoms with Crippen molar-refractivity contribution < 1.29 is 28.7 Å². The van der Waals surface area contributed by atoms with Crippen LogP contribution in [0.2, 0.25) is 0 Å². The van der Waals surface area contributed by atoms with E-state index in [1.54, 1.807) is 25.9 Å². The number of rotatable bonds is 20. The zero-order valence-corrected chi connectivity index (χ0v) is 24.8. The highest BCUT2D eigenvalue weighted by Gasteiger charge is 2.24. The Labute approximate surface area is 230 Å². The van der Waals surface area contributed by atoms with E-state index in [1.807, 2.05) is 32.9 Å². The minimum atomic E-state index is -0.808. The molecular formula is C29H53N3O6. The van der Waals surface area contributed by atoms with Crippen LogP contribution in [0.15, 0.2) is 12.2 Å². The van der Waals surface area contributed by atoms with Crippen LogP contribution < -0.4 is 10.6 Å². The molecule has 3 atom stereocenters. The van der Waals surface area contributed by atoms with Crippen molar-refractivity contribution in [1.82, 2.24) is 15.5 Å². The smallest absolute Gasteiger partial charge is 0.408 e. The molecule has 0 aromatic carbocycles. The van der Waals surface area contributed by atoms with Gasteiger partial charge < -0.3 is 25.0 Å². The average molecular weight is 540 g/mol. The number of nitrogens with one attached hydrogen (secondary N) is 2. The summed E-state index contributed by atoms with van der Waals surface area (Å²) in [7, 11) is 3.51. The standard InChI is InChI=1S/C29H53N3O6/c1-8-10-11-12-15-18-24(19-16-13-14-17-23(5)28(35)32(6)7)38-29(36)31-25(20-22(3)4)27(34)30-21-26(33)37-9-2/h13-14,22-25H,8-12,15-21H2,1-7H3,(H,30,34)(H,31,36)/b14-13-. The Morgan fingerprint density at radius 1 is 0.921 bits per heavy atom. The number of allylic oxidation sites excluding steroid dienone is 2. The van der Waals surface area contributed by atoms with Gasteiger partial charge in [-0.05, 0) is 51.4 Å². The molecule has 0 aromatic rings. The van der Waals surface area contributed by atoms with Gasteiger partial charge in [0.05, 0.1) is 6.61 Å². The lowest BCUT2D eigenvalue weighted by atomic mass is 10.0. The van der Waals surface area contributed by atoms with Crippen LogP contribution in [0.4, 0.5) is 4.79 Å². The number of ether oxygens (including phenoxy) is 2. The minimum absolute atomic E-state index is 0.0782. The van der Waals surface area contributed by atoms with Crippen molar-refractivity contribution in [2.24, 2.45) is 11.8 Å². The molecule has 0 fully saturated rings. The molecular weight excluding hydrogens is 486 g/mol. The van der Waals surface area contributed by atoms with E-state index in [9.17, 15) is 19.2 Å². The van der Waals surface area contributed by atoms with E-state index in [1.165, 1.54) is 6.42 Å². The number of esters is 1. The molecule has 0 aliphatic rings. The summed E-state index contributed by atoms with van der Waals surface area (Å²) in [6, 6.07) is -0.808. The molecule has 9 heteroatoms. The molecule has 38 heavy (non-hydrogen) atoms. The quantitative estimate of drug-likeness (QED) is 0.128. The van der Waals surface area contributed by atoms with Crippen LogP contribution in [0.1, 0.15) is 98.8 Å². The molecule has 0 saturated carbocycles. The number of nitrogens with zero attached hydrogens (tertiary/aromatic N) is 1. The first-order valence-corrected chi connectivity index (χ1v) is 14.3. The third-order valence-corrected chi connectivity index (χ3v) is 6.11. The Morgan fingerprint density at radius 3 is 2.21 bits per heavy atom. The van der Waals surface area contributed by atoms with E-state index in [-0.39, 0.29) is 37.0 Å². The van der Waals surface area contributed by atoms with Gasteiger partial charge >= 0.3 is 12.1 Å². The normalized spacial score (nSPS) is 13.6. The Balaban J connectivity index is 5.00. The van der Waals surface area contributed by atoms with Crippen LogP contribution >= 0.6 is 0 Å². The van der Waals surface area contributed by atoms with Gasteiger partial charge in [0.1, 0.15) is 18.7 Å². The topological polar surface area (TPSA) is 114 Å². The van der Waals surface area contributed by atoms with Gasteiger partial charge in [-0.1, -0.05) is 65.5 Å². The maximum atomic E-state index is 12.8. The lowest BCUT2D eigenvalue weighted by Crippen LogP contribution is -2.49. The van der Waals surface area contributed by atoms with E-state index >= 15 is 0 Å². The monoisotopic (exact) mass is 539 g/mol. The van der Waals surface area contributed by atoms with Crippen LogP contribution in [0, 0.1) is 11.8 Å². The Hall–Kier alpha value is -2.58. The highest BCUT2D eigenvalue weighted by Crippen LogP contribution is 2.16. The fourth-order valence-electron chi connectivity index (χ4n) is 4.00. The fraction of sp³-hybridized carbons (Fsp3) is 0.793. The van der Waals surface area contributed by atoms with Crippen LogP contribution in [0.3, 0.4) is 0 Å². The van der Waals surface area contributed by atoms with Gasteiger partial charge in [0, 0.05) is 20.0 Å². The molecule has 3 unspecified atom stereocenters. The average Bonchev–Trinajstić information content (AvgIpc) is 2.85. The highest BCUT2D eigenvalue weighted by molar-refractivity contribution is 5.88. The summed E-state index contributed by atoms with van der Waals surface area (Å²) in [5.74, 6) is -0.796. The molecule has 2 N–H and O–H groups in total. The highest BCUT2D eigenvalue weighted by atomic mass is 16.6. The second-order valence-corrected chi connectivity index (χ2v) is 10.5. The number of unbranched alkanes of at least 4 members (excludes halogenated alkanes) is 4. The Bertz CT molecular complexity index is 723. The Kier molecular flexibility index (Phi) is 19.9. The molecule has 220 valence electrons. The van der Waals surface area contributed by atoms with Crippen LogP contribution in [-0.2, 0) is 23.9 Å². The number of amides is 3. The summed E-state index contributed by atoms with van der Waals surface area (Å²) >= 11 is 0. The van der Waals surface area contributed by atoms with Crippen molar-refractivity contribution in [3.8, 4) is 0 Å². The van der Waals surface area contributed by atoms with Crippen molar-refractivity contribution >= 4 is 23.9 Å². The number of carbonyl (C=O) groups excluding carboxylic acids is 4. The van der Waals surface area contributed by atoms with Gasteiger partial charge in [-0.25, -0.2) is 4.79 Å². The largest absolute Gasteiger partial charge is 0.465 e.